The van der Waals surface area contributed by atoms with E-state index in [2.05, 4.69) is 23.3 Å². The number of ether oxygens (including phenoxy) is 2. The van der Waals surface area contributed by atoms with Crippen molar-refractivity contribution in [3.8, 4) is 5.88 Å². The first-order valence-electron chi connectivity index (χ1n) is 7.16. The molecule has 1 aliphatic heterocycles. The van der Waals surface area contributed by atoms with Gasteiger partial charge in [0.2, 0.25) is 5.88 Å². The summed E-state index contributed by atoms with van der Waals surface area (Å²) in [5.41, 5.74) is 2.33. The number of nitrogens with zero attached hydrogens (tertiary/aromatic N) is 1. The maximum atomic E-state index is 5.88. The van der Waals surface area contributed by atoms with E-state index < -0.39 is 0 Å². The average molecular weight is 264 g/mol. The topological polar surface area (TPSA) is 43.4 Å². The number of hydrogen-bond acceptors (Lipinski definition) is 4. The minimum Gasteiger partial charge on any atom is -0.477 e. The Morgan fingerprint density at radius 2 is 2.16 bits per heavy atom. The van der Waals surface area contributed by atoms with Crippen molar-refractivity contribution in [3.05, 3.63) is 23.4 Å². The number of rotatable bonds is 6. The Morgan fingerprint density at radius 1 is 1.37 bits per heavy atom. The third kappa shape index (κ3) is 4.48. The first-order valence-corrected chi connectivity index (χ1v) is 7.16. The first kappa shape index (κ1) is 14.3. The fourth-order valence-electron chi connectivity index (χ4n) is 2.30. The van der Waals surface area contributed by atoms with Gasteiger partial charge in [-0.05, 0) is 43.9 Å². The summed E-state index contributed by atoms with van der Waals surface area (Å²) in [6.45, 7) is 5.45. The zero-order valence-electron chi connectivity index (χ0n) is 11.9. The van der Waals surface area contributed by atoms with Crippen LogP contribution in [-0.4, -0.2) is 31.9 Å². The standard InChI is InChI=1S/C15H24N2O2/c1-3-14-8-13(10-16-2)9-15(17-14)19-11-12-4-6-18-7-5-12/h8-9,12,16H,3-7,10-11H2,1-2H3. The van der Waals surface area contributed by atoms with Crippen molar-refractivity contribution in [2.75, 3.05) is 26.9 Å². The van der Waals surface area contributed by atoms with E-state index in [1.807, 2.05) is 13.1 Å². The summed E-state index contributed by atoms with van der Waals surface area (Å²) < 4.78 is 11.2. The van der Waals surface area contributed by atoms with Crippen LogP contribution in [0.15, 0.2) is 12.1 Å². The largest absolute Gasteiger partial charge is 0.477 e. The minimum absolute atomic E-state index is 0.605. The van der Waals surface area contributed by atoms with Crippen LogP contribution < -0.4 is 10.1 Å². The van der Waals surface area contributed by atoms with Gasteiger partial charge in [-0.2, -0.15) is 0 Å². The predicted octanol–water partition coefficient (Wildman–Crippen LogP) is 2.17. The number of nitrogens with one attached hydrogen (secondary N) is 1. The Labute approximate surface area is 115 Å². The highest BCUT2D eigenvalue weighted by Gasteiger charge is 2.15. The fourth-order valence-corrected chi connectivity index (χ4v) is 2.30. The lowest BCUT2D eigenvalue weighted by Crippen LogP contribution is -2.21. The highest BCUT2D eigenvalue weighted by Crippen LogP contribution is 2.18. The average Bonchev–Trinajstić information content (AvgIpc) is 2.46. The molecule has 0 amide bonds. The molecule has 0 aliphatic carbocycles. The molecule has 0 radical (unpaired) electrons. The zero-order valence-corrected chi connectivity index (χ0v) is 11.9. The summed E-state index contributed by atoms with van der Waals surface area (Å²) in [5.74, 6) is 1.37. The van der Waals surface area contributed by atoms with Gasteiger partial charge in [0.15, 0.2) is 0 Å². The molecule has 1 aromatic rings. The molecule has 0 atom stereocenters. The molecular weight excluding hydrogens is 240 g/mol. The molecule has 1 fully saturated rings. The van der Waals surface area contributed by atoms with Gasteiger partial charge in [0.1, 0.15) is 0 Å². The van der Waals surface area contributed by atoms with E-state index in [9.17, 15) is 0 Å². The minimum atomic E-state index is 0.605. The Balaban J connectivity index is 1.95. The van der Waals surface area contributed by atoms with Gasteiger partial charge in [-0.1, -0.05) is 6.92 Å². The van der Waals surface area contributed by atoms with E-state index in [-0.39, 0.29) is 0 Å². The third-order valence-electron chi connectivity index (χ3n) is 3.47. The quantitative estimate of drug-likeness (QED) is 0.855. The lowest BCUT2D eigenvalue weighted by molar-refractivity contribution is 0.0490. The van der Waals surface area contributed by atoms with Gasteiger partial charge >= 0.3 is 0 Å². The predicted molar refractivity (Wildman–Crippen MR) is 75.4 cm³/mol. The van der Waals surface area contributed by atoms with Crippen LogP contribution in [0.4, 0.5) is 0 Å². The molecule has 0 spiro atoms. The van der Waals surface area contributed by atoms with Crippen LogP contribution in [-0.2, 0) is 17.7 Å². The molecule has 1 saturated heterocycles. The van der Waals surface area contributed by atoms with Crippen molar-refractivity contribution in [1.29, 1.82) is 0 Å². The van der Waals surface area contributed by atoms with Crippen LogP contribution >= 0.6 is 0 Å². The molecule has 0 bridgehead atoms. The number of aromatic nitrogens is 1. The lowest BCUT2D eigenvalue weighted by atomic mass is 10.0. The second kappa shape index (κ2) is 7.46. The molecule has 4 nitrogen and oxygen atoms in total. The van der Waals surface area contributed by atoms with Crippen LogP contribution in [0.5, 0.6) is 5.88 Å². The van der Waals surface area contributed by atoms with E-state index in [0.29, 0.717) is 5.92 Å². The van der Waals surface area contributed by atoms with Gasteiger partial charge in [-0.25, -0.2) is 4.98 Å². The van der Waals surface area contributed by atoms with E-state index in [1.54, 1.807) is 0 Å². The molecule has 0 unspecified atom stereocenters. The van der Waals surface area contributed by atoms with Gasteiger partial charge in [0.25, 0.3) is 0 Å². The third-order valence-corrected chi connectivity index (χ3v) is 3.47. The maximum absolute atomic E-state index is 5.88. The summed E-state index contributed by atoms with van der Waals surface area (Å²) in [6.07, 6.45) is 3.12. The van der Waals surface area contributed by atoms with Gasteiger partial charge in [0.05, 0.1) is 6.61 Å². The first-order chi connectivity index (χ1) is 9.31. The second-order valence-corrected chi connectivity index (χ2v) is 5.06. The lowest BCUT2D eigenvalue weighted by Gasteiger charge is -2.22. The van der Waals surface area contributed by atoms with Crippen molar-refractivity contribution in [2.24, 2.45) is 5.92 Å². The maximum Gasteiger partial charge on any atom is 0.213 e. The molecule has 0 saturated carbocycles. The highest BCUT2D eigenvalue weighted by atomic mass is 16.5. The number of aryl methyl sites for hydroxylation is 1. The molecule has 1 aromatic heterocycles. The molecule has 2 heterocycles. The van der Waals surface area contributed by atoms with Gasteiger partial charge in [-0.15, -0.1) is 0 Å². The van der Waals surface area contributed by atoms with Gasteiger partial charge in [0, 0.05) is 31.5 Å². The molecule has 4 heteroatoms. The summed E-state index contributed by atoms with van der Waals surface area (Å²) in [6, 6.07) is 4.17. The molecule has 19 heavy (non-hydrogen) atoms. The van der Waals surface area contributed by atoms with Crippen molar-refractivity contribution in [1.82, 2.24) is 10.3 Å². The zero-order chi connectivity index (χ0) is 13.5. The number of pyridine rings is 1. The van der Waals surface area contributed by atoms with Crippen molar-refractivity contribution in [2.45, 2.75) is 32.7 Å². The smallest absolute Gasteiger partial charge is 0.213 e. The van der Waals surface area contributed by atoms with E-state index >= 15 is 0 Å². The van der Waals surface area contributed by atoms with Crippen molar-refractivity contribution >= 4 is 0 Å². The second-order valence-electron chi connectivity index (χ2n) is 5.06. The van der Waals surface area contributed by atoms with Crippen LogP contribution in [0.2, 0.25) is 0 Å². The van der Waals surface area contributed by atoms with E-state index in [0.717, 1.165) is 57.2 Å². The van der Waals surface area contributed by atoms with Crippen LogP contribution in [0.1, 0.15) is 31.0 Å². The molecule has 2 rings (SSSR count). The molecule has 0 aromatic carbocycles. The van der Waals surface area contributed by atoms with Crippen LogP contribution in [0.25, 0.3) is 0 Å². The van der Waals surface area contributed by atoms with Gasteiger partial charge in [-0.3, -0.25) is 0 Å². The van der Waals surface area contributed by atoms with E-state index in [4.69, 9.17) is 9.47 Å². The summed E-state index contributed by atoms with van der Waals surface area (Å²) in [4.78, 5) is 4.54. The summed E-state index contributed by atoms with van der Waals surface area (Å²) in [7, 11) is 1.95. The molecule has 1 aliphatic rings. The Hall–Kier alpha value is -1.13. The Bertz CT molecular complexity index is 390. The van der Waals surface area contributed by atoms with Crippen LogP contribution in [0.3, 0.4) is 0 Å². The molecule has 106 valence electrons. The van der Waals surface area contributed by atoms with Crippen molar-refractivity contribution < 1.29 is 9.47 Å². The van der Waals surface area contributed by atoms with Crippen LogP contribution in [0, 0.1) is 5.92 Å². The normalized spacial score (nSPS) is 16.5. The molecular formula is C15H24N2O2. The monoisotopic (exact) mass is 264 g/mol. The van der Waals surface area contributed by atoms with Gasteiger partial charge < -0.3 is 14.8 Å². The summed E-state index contributed by atoms with van der Waals surface area (Å²) in [5, 5.41) is 3.17. The number of hydrogen-bond donors (Lipinski definition) is 1. The van der Waals surface area contributed by atoms with Crippen molar-refractivity contribution in [3.63, 3.8) is 0 Å². The molecule has 1 N–H and O–H groups in total. The SMILES string of the molecule is CCc1cc(CNC)cc(OCC2CCOCC2)n1. The summed E-state index contributed by atoms with van der Waals surface area (Å²) >= 11 is 0. The fraction of sp³-hybridized carbons (Fsp3) is 0.667. The highest BCUT2D eigenvalue weighted by molar-refractivity contribution is 5.25. The van der Waals surface area contributed by atoms with E-state index in [1.165, 1.54) is 5.56 Å². The Kier molecular flexibility index (Phi) is 5.61. The Morgan fingerprint density at radius 3 is 2.84 bits per heavy atom.